The van der Waals surface area contributed by atoms with E-state index < -0.39 is 0 Å². The van der Waals surface area contributed by atoms with Crippen molar-refractivity contribution in [2.24, 2.45) is 14.1 Å². The van der Waals surface area contributed by atoms with Crippen molar-refractivity contribution in [2.45, 2.75) is 13.1 Å². The molecule has 120 valence electrons. The van der Waals surface area contributed by atoms with Gasteiger partial charge in [0.05, 0.1) is 7.05 Å². The molecule has 0 aliphatic carbocycles. The smallest absolute Gasteiger partial charge is 0.285 e. The van der Waals surface area contributed by atoms with E-state index in [4.69, 9.17) is 0 Å². The normalized spacial score (nSPS) is 16.0. The first-order valence-corrected chi connectivity index (χ1v) is 7.97. The van der Waals surface area contributed by atoms with E-state index in [9.17, 15) is 0 Å². The molecule has 3 aromatic rings. The summed E-state index contributed by atoms with van der Waals surface area (Å²) < 4.78 is 4.32. The topological polar surface area (TPSA) is 48.8 Å². The number of anilines is 3. The summed E-state index contributed by atoms with van der Waals surface area (Å²) in [6.45, 7) is 2.11. The second kappa shape index (κ2) is 5.56. The minimum Gasteiger partial charge on any atom is -0.327 e. The maximum absolute atomic E-state index is 4.51. The monoisotopic (exact) mass is 320 g/mol. The largest absolute Gasteiger partial charge is 0.327 e. The Bertz CT molecular complexity index is 908. The van der Waals surface area contributed by atoms with Crippen molar-refractivity contribution in [1.29, 1.82) is 0 Å². The Morgan fingerprint density at radius 2 is 1.79 bits per heavy atom. The number of pyridine rings is 2. The van der Waals surface area contributed by atoms with Crippen LogP contribution in [0.15, 0.2) is 55.0 Å². The highest BCUT2D eigenvalue weighted by Gasteiger charge is 2.38. The molecule has 1 N–H and O–H groups in total. The lowest BCUT2D eigenvalue weighted by molar-refractivity contribution is -0.684. The van der Waals surface area contributed by atoms with Gasteiger partial charge in [0.15, 0.2) is 23.9 Å². The van der Waals surface area contributed by atoms with Crippen LogP contribution in [-0.4, -0.2) is 16.1 Å². The molecule has 6 nitrogen and oxygen atoms in total. The van der Waals surface area contributed by atoms with Crippen LogP contribution >= 0.6 is 0 Å². The highest BCUT2D eigenvalue weighted by atomic mass is 15.4. The third-order valence-corrected chi connectivity index (χ3v) is 4.41. The minimum atomic E-state index is 0.0911. The van der Waals surface area contributed by atoms with Gasteiger partial charge < -0.3 is 5.32 Å². The van der Waals surface area contributed by atoms with Crippen molar-refractivity contribution in [1.82, 2.24) is 9.97 Å². The molecule has 0 aromatic carbocycles. The molecule has 1 aliphatic heterocycles. The first-order chi connectivity index (χ1) is 11.7. The van der Waals surface area contributed by atoms with Gasteiger partial charge in [0.2, 0.25) is 0 Å². The van der Waals surface area contributed by atoms with Crippen LogP contribution in [0.4, 0.5) is 17.5 Å². The minimum absolute atomic E-state index is 0.0911. The fraction of sp³-hybridized carbons (Fsp3) is 0.222. The molecular weight excluding hydrogens is 300 g/mol. The summed E-state index contributed by atoms with van der Waals surface area (Å²) in [5.74, 6) is 2.74. The molecule has 0 bridgehead atoms. The molecule has 6 heteroatoms. The Balaban J connectivity index is 1.87. The van der Waals surface area contributed by atoms with Crippen molar-refractivity contribution < 1.29 is 9.13 Å². The van der Waals surface area contributed by atoms with Gasteiger partial charge in [0.25, 0.3) is 17.3 Å². The van der Waals surface area contributed by atoms with Crippen molar-refractivity contribution in [3.8, 4) is 11.4 Å². The zero-order valence-corrected chi connectivity index (χ0v) is 14.0. The SMILES string of the molecule is C[C@@H]1Nc2nccnc2N1c1cccc(-c2cccc[n+]2C)[n+]1C. The average molecular weight is 320 g/mol. The summed E-state index contributed by atoms with van der Waals surface area (Å²) in [5.41, 5.74) is 2.29. The number of hydrogen-bond donors (Lipinski definition) is 1. The van der Waals surface area contributed by atoms with E-state index >= 15 is 0 Å². The van der Waals surface area contributed by atoms with Crippen LogP contribution < -0.4 is 19.4 Å². The number of nitrogens with one attached hydrogen (secondary N) is 1. The van der Waals surface area contributed by atoms with Crippen molar-refractivity contribution in [3.05, 3.63) is 55.0 Å². The maximum atomic E-state index is 4.51. The summed E-state index contributed by atoms with van der Waals surface area (Å²) in [4.78, 5) is 11.1. The highest BCUT2D eigenvalue weighted by Crippen LogP contribution is 2.35. The molecule has 0 saturated heterocycles. The van der Waals surface area contributed by atoms with Crippen molar-refractivity contribution in [2.75, 3.05) is 10.2 Å². The molecule has 0 saturated carbocycles. The summed E-state index contributed by atoms with van der Waals surface area (Å²) >= 11 is 0. The Kier molecular flexibility index (Phi) is 3.37. The lowest BCUT2D eigenvalue weighted by Crippen LogP contribution is -2.44. The third-order valence-electron chi connectivity index (χ3n) is 4.41. The van der Waals surface area contributed by atoms with E-state index in [-0.39, 0.29) is 6.17 Å². The Morgan fingerprint density at radius 3 is 2.62 bits per heavy atom. The molecule has 4 heterocycles. The van der Waals surface area contributed by atoms with Gasteiger partial charge in [0, 0.05) is 30.6 Å². The Morgan fingerprint density at radius 1 is 1.00 bits per heavy atom. The molecule has 3 aromatic heterocycles. The van der Waals surface area contributed by atoms with Gasteiger partial charge in [-0.3, -0.25) is 0 Å². The fourth-order valence-electron chi connectivity index (χ4n) is 3.22. The summed E-state index contributed by atoms with van der Waals surface area (Å²) in [6.07, 6.45) is 5.59. The number of rotatable bonds is 2. The van der Waals surface area contributed by atoms with Crippen LogP contribution in [0, 0.1) is 0 Å². The van der Waals surface area contributed by atoms with E-state index in [0.29, 0.717) is 0 Å². The van der Waals surface area contributed by atoms with E-state index in [1.165, 1.54) is 0 Å². The van der Waals surface area contributed by atoms with Crippen LogP contribution in [0.1, 0.15) is 6.92 Å². The fourth-order valence-corrected chi connectivity index (χ4v) is 3.22. The van der Waals surface area contributed by atoms with Crippen LogP contribution in [0.3, 0.4) is 0 Å². The lowest BCUT2D eigenvalue weighted by Gasteiger charge is -2.17. The first-order valence-electron chi connectivity index (χ1n) is 7.97. The number of nitrogens with zero attached hydrogens (tertiary/aromatic N) is 5. The first kappa shape index (κ1) is 14.6. The standard InChI is InChI=1S/C18H19N6/c1-13-21-17-18(20-11-10-19-17)24(13)16-9-6-8-15(23(16)3)14-7-4-5-12-22(14)2/h4-13H,1-3H3/q+1/p+1/t13-/m1/s1. The molecule has 0 unspecified atom stereocenters. The number of fused-ring (bicyclic) bond motifs is 1. The average Bonchev–Trinajstić information content (AvgIpc) is 2.92. The van der Waals surface area contributed by atoms with Gasteiger partial charge in [-0.05, 0) is 25.1 Å². The van der Waals surface area contributed by atoms with Crippen LogP contribution in [0.25, 0.3) is 11.4 Å². The van der Waals surface area contributed by atoms with Gasteiger partial charge in [-0.1, -0.05) is 0 Å². The summed E-state index contributed by atoms with van der Waals surface area (Å²) in [7, 11) is 4.14. The molecule has 0 radical (unpaired) electrons. The predicted octanol–water partition coefficient (Wildman–Crippen LogP) is 1.70. The van der Waals surface area contributed by atoms with Gasteiger partial charge in [-0.15, -0.1) is 0 Å². The van der Waals surface area contributed by atoms with Crippen LogP contribution in [-0.2, 0) is 14.1 Å². The van der Waals surface area contributed by atoms with E-state index in [2.05, 4.69) is 86.9 Å². The van der Waals surface area contributed by atoms with E-state index in [1.54, 1.807) is 12.4 Å². The summed E-state index contributed by atoms with van der Waals surface area (Å²) in [5, 5.41) is 3.38. The van der Waals surface area contributed by atoms with Gasteiger partial charge >= 0.3 is 0 Å². The number of aromatic nitrogens is 4. The molecule has 0 spiro atoms. The van der Waals surface area contributed by atoms with Gasteiger partial charge in [-0.2, -0.15) is 9.47 Å². The molecule has 24 heavy (non-hydrogen) atoms. The molecular formula is C18H20N6+2. The van der Waals surface area contributed by atoms with Crippen molar-refractivity contribution in [3.63, 3.8) is 0 Å². The predicted molar refractivity (Wildman–Crippen MR) is 91.5 cm³/mol. The van der Waals surface area contributed by atoms with E-state index in [0.717, 1.165) is 28.8 Å². The molecule has 0 amide bonds. The van der Waals surface area contributed by atoms with E-state index in [1.807, 2.05) is 6.07 Å². The number of aryl methyl sites for hydroxylation is 1. The van der Waals surface area contributed by atoms with Crippen LogP contribution in [0.5, 0.6) is 0 Å². The zero-order valence-electron chi connectivity index (χ0n) is 14.0. The number of hydrogen-bond acceptors (Lipinski definition) is 4. The van der Waals surface area contributed by atoms with Gasteiger partial charge in [-0.25, -0.2) is 14.5 Å². The van der Waals surface area contributed by atoms with Gasteiger partial charge in [0.1, 0.15) is 7.05 Å². The van der Waals surface area contributed by atoms with Crippen LogP contribution in [0.2, 0.25) is 0 Å². The molecule has 4 rings (SSSR count). The zero-order chi connectivity index (χ0) is 16.7. The quantitative estimate of drug-likeness (QED) is 0.730. The second-order valence-corrected chi connectivity index (χ2v) is 5.94. The molecule has 0 fully saturated rings. The lowest BCUT2D eigenvalue weighted by atomic mass is 10.2. The van der Waals surface area contributed by atoms with Crippen molar-refractivity contribution >= 4 is 17.5 Å². The molecule has 1 aliphatic rings. The molecule has 1 atom stereocenters. The third kappa shape index (κ3) is 2.19. The maximum Gasteiger partial charge on any atom is 0.285 e. The summed E-state index contributed by atoms with van der Waals surface area (Å²) in [6, 6.07) is 12.5. The second-order valence-electron chi connectivity index (χ2n) is 5.94. The Hall–Kier alpha value is -3.02. The Labute approximate surface area is 141 Å². The highest BCUT2D eigenvalue weighted by molar-refractivity contribution is 5.74.